The molecule has 2 aromatic heterocycles. The van der Waals surface area contributed by atoms with Crippen LogP contribution in [0.3, 0.4) is 0 Å². The average molecular weight is 753 g/mol. The quantitative estimate of drug-likeness (QED) is 0.149. The largest absolute Gasteiger partial charge is 0.456 e. The molecule has 1 spiro atoms. The number of benzene rings is 6. The van der Waals surface area contributed by atoms with E-state index in [2.05, 4.69) is 103 Å². The second-order valence-electron chi connectivity index (χ2n) is 14.9. The number of anilines is 3. The standard InChI is InChI=1S/C48H44N6O3/c1-5-51(6-2)30-20-23-37-42(28-30)57-43-29-31(52(7-3)8-4)21-24-38(43)48(37)36-17-10-9-14-32(36)46(55)53(48)27-26-49-39-25-22-34-44-33(39)15-13-16-35(44)47(56)54-41-19-12-11-18-40(41)50-45(34)54/h9-25,28-29,49H,5-8,26-27H2,1-4H3. The molecular weight excluding hydrogens is 709 g/mol. The number of para-hydroxylation sites is 2. The molecule has 57 heavy (non-hydrogen) atoms. The molecule has 0 saturated carbocycles. The molecule has 0 bridgehead atoms. The van der Waals surface area contributed by atoms with Gasteiger partial charge in [-0.15, -0.1) is 0 Å². The van der Waals surface area contributed by atoms with Crippen molar-refractivity contribution in [1.82, 2.24) is 14.3 Å². The van der Waals surface area contributed by atoms with Crippen molar-refractivity contribution in [3.8, 4) is 11.5 Å². The Balaban J connectivity index is 1.09. The van der Waals surface area contributed by atoms with Gasteiger partial charge in [-0.1, -0.05) is 54.6 Å². The van der Waals surface area contributed by atoms with Gasteiger partial charge in [0.2, 0.25) is 0 Å². The Bertz CT molecular complexity index is 2890. The number of nitrogens with one attached hydrogen (secondary N) is 1. The number of hydrogen-bond donors (Lipinski definition) is 1. The molecule has 1 amide bonds. The number of aromatic nitrogens is 2. The third-order valence-electron chi connectivity index (χ3n) is 12.3. The molecule has 10 rings (SSSR count). The van der Waals surface area contributed by atoms with Gasteiger partial charge in [-0.2, -0.15) is 0 Å². The second kappa shape index (κ2) is 13.3. The predicted molar refractivity (Wildman–Crippen MR) is 231 cm³/mol. The first-order valence-corrected chi connectivity index (χ1v) is 20.1. The number of carbonyl (C=O) groups excluding carboxylic acids is 1. The molecule has 9 nitrogen and oxygen atoms in total. The summed E-state index contributed by atoms with van der Waals surface area (Å²) in [7, 11) is 0. The van der Waals surface area contributed by atoms with Crippen molar-refractivity contribution in [2.75, 3.05) is 54.4 Å². The van der Waals surface area contributed by atoms with Gasteiger partial charge in [0.25, 0.3) is 11.5 Å². The topological polar surface area (TPSA) is 82.4 Å². The van der Waals surface area contributed by atoms with Crippen molar-refractivity contribution in [2.45, 2.75) is 33.2 Å². The normalized spacial score (nSPS) is 14.0. The molecule has 0 aliphatic carbocycles. The Morgan fingerprint density at radius 2 is 1.32 bits per heavy atom. The fourth-order valence-corrected chi connectivity index (χ4v) is 9.66. The maximum atomic E-state index is 14.8. The van der Waals surface area contributed by atoms with Crippen LogP contribution in [0.15, 0.2) is 120 Å². The Kier molecular flexibility index (Phi) is 8.11. The van der Waals surface area contributed by atoms with Crippen LogP contribution in [0.25, 0.3) is 38.2 Å². The van der Waals surface area contributed by atoms with Crippen molar-refractivity contribution >= 4 is 61.2 Å². The molecule has 0 unspecified atom stereocenters. The van der Waals surface area contributed by atoms with E-state index in [-0.39, 0.29) is 11.5 Å². The van der Waals surface area contributed by atoms with Crippen LogP contribution in [-0.4, -0.2) is 59.5 Å². The summed E-state index contributed by atoms with van der Waals surface area (Å²) in [5.41, 5.74) is 7.85. The van der Waals surface area contributed by atoms with Crippen molar-refractivity contribution in [3.05, 3.63) is 148 Å². The van der Waals surface area contributed by atoms with Crippen LogP contribution < -0.4 is 25.4 Å². The van der Waals surface area contributed by atoms with E-state index in [1.54, 1.807) is 4.40 Å². The van der Waals surface area contributed by atoms with Gasteiger partial charge in [-0.3, -0.25) is 14.0 Å². The first-order chi connectivity index (χ1) is 27.9. The summed E-state index contributed by atoms with van der Waals surface area (Å²) in [5.74, 6) is 1.49. The number of ether oxygens (including phenoxy) is 1. The van der Waals surface area contributed by atoms with E-state index in [4.69, 9.17) is 9.72 Å². The zero-order valence-electron chi connectivity index (χ0n) is 32.7. The molecule has 2 aliphatic heterocycles. The zero-order chi connectivity index (χ0) is 39.0. The number of amides is 1. The van der Waals surface area contributed by atoms with Crippen LogP contribution in [0.1, 0.15) is 54.7 Å². The molecule has 1 N–H and O–H groups in total. The van der Waals surface area contributed by atoms with Gasteiger partial charge in [0.1, 0.15) is 22.7 Å². The third kappa shape index (κ3) is 4.90. The van der Waals surface area contributed by atoms with Gasteiger partial charge in [0, 0.05) is 107 Å². The molecule has 9 heteroatoms. The summed E-state index contributed by atoms with van der Waals surface area (Å²) in [6.07, 6.45) is 0. The molecular formula is C48H44N6O3. The summed E-state index contributed by atoms with van der Waals surface area (Å²) >= 11 is 0. The SMILES string of the molecule is CCN(CC)c1ccc2c(c1)Oc1cc(N(CC)CC)ccc1C21c2ccccc2C(=O)N1CCNc1ccc2c3c1cccc3c(=O)n1c3ccccc3nc21. The molecule has 2 aliphatic rings. The molecule has 0 fully saturated rings. The van der Waals surface area contributed by atoms with Crippen molar-refractivity contribution in [3.63, 3.8) is 0 Å². The molecule has 284 valence electrons. The third-order valence-corrected chi connectivity index (χ3v) is 12.3. The predicted octanol–water partition coefficient (Wildman–Crippen LogP) is 9.25. The number of hydrogen-bond acceptors (Lipinski definition) is 7. The number of rotatable bonds is 10. The summed E-state index contributed by atoms with van der Waals surface area (Å²) in [4.78, 5) is 40.4. The van der Waals surface area contributed by atoms with Crippen LogP contribution in [0.5, 0.6) is 11.5 Å². The Morgan fingerprint density at radius 1 is 0.667 bits per heavy atom. The lowest BCUT2D eigenvalue weighted by molar-refractivity contribution is 0.0676. The molecule has 8 aromatic rings. The highest BCUT2D eigenvalue weighted by molar-refractivity contribution is 6.18. The van der Waals surface area contributed by atoms with Gasteiger partial charge >= 0.3 is 0 Å². The van der Waals surface area contributed by atoms with E-state index >= 15 is 0 Å². The fraction of sp³-hybridized carbons (Fsp3) is 0.229. The van der Waals surface area contributed by atoms with Crippen LogP contribution in [-0.2, 0) is 5.54 Å². The molecule has 0 saturated heterocycles. The summed E-state index contributed by atoms with van der Waals surface area (Å²) in [6.45, 7) is 13.0. The lowest BCUT2D eigenvalue weighted by atomic mass is 9.74. The van der Waals surface area contributed by atoms with E-state index in [9.17, 15) is 9.59 Å². The number of pyridine rings is 1. The lowest BCUT2D eigenvalue weighted by Crippen LogP contribution is -2.49. The highest BCUT2D eigenvalue weighted by atomic mass is 16.5. The highest BCUT2D eigenvalue weighted by Crippen LogP contribution is 2.58. The van der Waals surface area contributed by atoms with Gasteiger partial charge in [-0.05, 0) is 81.8 Å². The minimum Gasteiger partial charge on any atom is -0.456 e. The minimum absolute atomic E-state index is 0.0202. The van der Waals surface area contributed by atoms with Crippen molar-refractivity contribution in [1.29, 1.82) is 0 Å². The maximum absolute atomic E-state index is 14.8. The van der Waals surface area contributed by atoms with E-state index in [1.807, 2.05) is 59.5 Å². The van der Waals surface area contributed by atoms with E-state index < -0.39 is 5.54 Å². The summed E-state index contributed by atoms with van der Waals surface area (Å²) in [6, 6.07) is 38.8. The first kappa shape index (κ1) is 34.8. The van der Waals surface area contributed by atoms with Gasteiger partial charge < -0.3 is 24.8 Å². The average Bonchev–Trinajstić information content (AvgIpc) is 3.75. The van der Waals surface area contributed by atoms with Crippen molar-refractivity contribution < 1.29 is 9.53 Å². The van der Waals surface area contributed by atoms with E-state index in [0.29, 0.717) is 29.7 Å². The Hall–Kier alpha value is -6.61. The Labute approximate surface area is 331 Å². The van der Waals surface area contributed by atoms with Gasteiger partial charge in [0.05, 0.1) is 11.0 Å². The lowest BCUT2D eigenvalue weighted by Gasteiger charge is -2.45. The Morgan fingerprint density at radius 3 is 2.02 bits per heavy atom. The van der Waals surface area contributed by atoms with Gasteiger partial charge in [-0.25, -0.2) is 4.98 Å². The molecule has 0 radical (unpaired) electrons. The first-order valence-electron chi connectivity index (χ1n) is 20.1. The molecule has 4 heterocycles. The number of imidazole rings is 1. The number of nitrogens with zero attached hydrogens (tertiary/aromatic N) is 5. The summed E-state index contributed by atoms with van der Waals surface area (Å²) < 4.78 is 8.63. The maximum Gasteiger partial charge on any atom is 0.264 e. The second-order valence-corrected chi connectivity index (χ2v) is 14.9. The molecule has 0 atom stereocenters. The summed E-state index contributed by atoms with van der Waals surface area (Å²) in [5, 5.41) is 7.10. The smallest absolute Gasteiger partial charge is 0.264 e. The minimum atomic E-state index is -0.923. The highest BCUT2D eigenvalue weighted by Gasteiger charge is 2.56. The van der Waals surface area contributed by atoms with Crippen LogP contribution in [0.2, 0.25) is 0 Å². The van der Waals surface area contributed by atoms with Crippen LogP contribution >= 0.6 is 0 Å². The van der Waals surface area contributed by atoms with E-state index in [1.165, 1.54) is 0 Å². The fourth-order valence-electron chi connectivity index (χ4n) is 9.66. The zero-order valence-corrected chi connectivity index (χ0v) is 32.7. The molecule has 6 aromatic carbocycles. The monoisotopic (exact) mass is 752 g/mol. The van der Waals surface area contributed by atoms with Crippen LogP contribution in [0.4, 0.5) is 17.1 Å². The van der Waals surface area contributed by atoms with Gasteiger partial charge in [0.15, 0.2) is 0 Å². The van der Waals surface area contributed by atoms with E-state index in [0.717, 1.165) is 98.6 Å². The number of carbonyl (C=O) groups is 1. The van der Waals surface area contributed by atoms with Crippen LogP contribution in [0, 0.1) is 0 Å². The van der Waals surface area contributed by atoms with Crippen molar-refractivity contribution in [2.24, 2.45) is 0 Å². The number of fused-ring (bicyclic) bond motifs is 10.